The van der Waals surface area contributed by atoms with Crippen LogP contribution >= 0.6 is 12.4 Å². The van der Waals surface area contributed by atoms with Crippen molar-refractivity contribution in [3.8, 4) is 0 Å². The van der Waals surface area contributed by atoms with Gasteiger partial charge in [-0.3, -0.25) is 4.90 Å². The zero-order chi connectivity index (χ0) is 29.3. The van der Waals surface area contributed by atoms with Gasteiger partial charge in [0.25, 0.3) is 0 Å². The van der Waals surface area contributed by atoms with E-state index in [4.69, 9.17) is 8.83 Å². The molecule has 0 bridgehead atoms. The lowest BCUT2D eigenvalue weighted by Gasteiger charge is -2.43. The van der Waals surface area contributed by atoms with E-state index in [0.717, 1.165) is 36.0 Å². The van der Waals surface area contributed by atoms with E-state index < -0.39 is 11.4 Å². The fourth-order valence-electron chi connectivity index (χ4n) is 6.39. The first-order valence-corrected chi connectivity index (χ1v) is 14.6. The van der Waals surface area contributed by atoms with Crippen molar-refractivity contribution in [1.82, 2.24) is 10.2 Å². The first-order chi connectivity index (χ1) is 20.3. The second-order valence-corrected chi connectivity index (χ2v) is 11.5. The molecular weight excluding hydrogens is 570 g/mol. The maximum atomic E-state index is 14.6. The topological polar surface area (TPSA) is 61.8 Å². The summed E-state index contributed by atoms with van der Waals surface area (Å²) in [6, 6.07) is 20.3. The summed E-state index contributed by atoms with van der Waals surface area (Å²) in [6.45, 7) is 8.01. The van der Waals surface area contributed by atoms with E-state index in [2.05, 4.69) is 35.3 Å². The summed E-state index contributed by atoms with van der Waals surface area (Å²) >= 11 is 0. The minimum Gasteiger partial charge on any atom is -0.464 e. The number of likely N-dealkylation sites (tertiary alicyclic amines) is 1. The first-order valence-electron chi connectivity index (χ1n) is 14.6. The molecule has 0 spiro atoms. The SMILES string of the molecule is CC1CN(Cc2ccccc2)CCC1(O)c1c(F)ccc2ccoc12.CC1CNCC=C1c1c(F)ccc2ccoc12.Cl. The lowest BCUT2D eigenvalue weighted by molar-refractivity contribution is -0.0744. The number of nitrogens with zero attached hydrogens (tertiary/aromatic N) is 1. The van der Waals surface area contributed by atoms with Crippen LogP contribution in [0.2, 0.25) is 0 Å². The van der Waals surface area contributed by atoms with Gasteiger partial charge in [-0.05, 0) is 59.9 Å². The van der Waals surface area contributed by atoms with Crippen molar-refractivity contribution in [3.63, 3.8) is 0 Å². The molecule has 226 valence electrons. The fraction of sp³-hybridized carbons (Fsp3) is 0.314. The zero-order valence-electron chi connectivity index (χ0n) is 24.4. The molecule has 5 nitrogen and oxygen atoms in total. The quantitative estimate of drug-likeness (QED) is 0.218. The van der Waals surface area contributed by atoms with Crippen LogP contribution in [-0.2, 0) is 12.1 Å². The molecule has 5 aromatic rings. The molecule has 1 fully saturated rings. The Balaban J connectivity index is 0.000000179. The van der Waals surface area contributed by atoms with Crippen LogP contribution in [0.4, 0.5) is 8.78 Å². The summed E-state index contributed by atoms with van der Waals surface area (Å²) in [6.07, 6.45) is 5.69. The molecule has 43 heavy (non-hydrogen) atoms. The van der Waals surface area contributed by atoms with Gasteiger partial charge in [-0.25, -0.2) is 8.78 Å². The minimum absolute atomic E-state index is 0. The molecule has 2 aliphatic heterocycles. The van der Waals surface area contributed by atoms with Gasteiger partial charge in [0.15, 0.2) is 0 Å². The van der Waals surface area contributed by atoms with E-state index in [1.807, 2.05) is 31.2 Å². The van der Waals surface area contributed by atoms with E-state index in [9.17, 15) is 13.9 Å². The number of furan rings is 2. The van der Waals surface area contributed by atoms with Gasteiger partial charge in [-0.2, -0.15) is 0 Å². The molecule has 3 aromatic carbocycles. The highest BCUT2D eigenvalue weighted by atomic mass is 35.5. The largest absolute Gasteiger partial charge is 0.464 e. The van der Waals surface area contributed by atoms with E-state index in [0.29, 0.717) is 47.7 Å². The predicted octanol–water partition coefficient (Wildman–Crippen LogP) is 7.92. The van der Waals surface area contributed by atoms with Crippen molar-refractivity contribution in [1.29, 1.82) is 0 Å². The summed E-state index contributed by atoms with van der Waals surface area (Å²) in [5.41, 5.74) is 3.13. The van der Waals surface area contributed by atoms with Gasteiger partial charge in [-0.1, -0.05) is 50.3 Å². The van der Waals surface area contributed by atoms with Crippen molar-refractivity contribution in [2.45, 2.75) is 32.4 Å². The number of rotatable bonds is 4. The van der Waals surface area contributed by atoms with Gasteiger partial charge in [0, 0.05) is 49.4 Å². The highest BCUT2D eigenvalue weighted by Gasteiger charge is 2.43. The predicted molar refractivity (Wildman–Crippen MR) is 169 cm³/mol. The van der Waals surface area contributed by atoms with Crippen molar-refractivity contribution in [3.05, 3.63) is 114 Å². The van der Waals surface area contributed by atoms with Crippen LogP contribution in [0.25, 0.3) is 27.5 Å². The number of nitrogens with one attached hydrogen (secondary N) is 1. The van der Waals surface area contributed by atoms with Crippen LogP contribution in [-0.4, -0.2) is 36.2 Å². The molecule has 8 heteroatoms. The Kier molecular flexibility index (Phi) is 9.37. The summed E-state index contributed by atoms with van der Waals surface area (Å²) in [5.74, 6) is -0.398. The molecular formula is C35H37ClF2N2O3. The molecule has 4 heterocycles. The third-order valence-corrected chi connectivity index (χ3v) is 8.72. The van der Waals surface area contributed by atoms with Crippen molar-refractivity contribution in [2.24, 2.45) is 11.8 Å². The van der Waals surface area contributed by atoms with Gasteiger partial charge in [0.1, 0.15) is 28.4 Å². The normalized spacial score (nSPS) is 22.5. The highest BCUT2D eigenvalue weighted by Crippen LogP contribution is 2.42. The third kappa shape index (κ3) is 6.13. The lowest BCUT2D eigenvalue weighted by Crippen LogP contribution is -2.49. The summed E-state index contributed by atoms with van der Waals surface area (Å²) in [4.78, 5) is 2.31. The van der Waals surface area contributed by atoms with Crippen LogP contribution in [0, 0.1) is 23.5 Å². The number of aliphatic hydroxyl groups is 1. The summed E-state index contributed by atoms with van der Waals surface area (Å²) < 4.78 is 39.6. The Labute approximate surface area is 256 Å². The number of piperidine rings is 1. The molecule has 3 unspecified atom stereocenters. The van der Waals surface area contributed by atoms with Crippen LogP contribution in [0.15, 0.2) is 94.2 Å². The van der Waals surface area contributed by atoms with Gasteiger partial charge in [0.05, 0.1) is 23.7 Å². The molecule has 0 radical (unpaired) electrons. The molecule has 2 aromatic heterocycles. The smallest absolute Gasteiger partial charge is 0.144 e. The standard InChI is InChI=1S/C21H22FNO2.C14H14FNO.ClH/c1-15-13-23(14-16-5-3-2-4-6-16)11-10-21(15,24)19-18(22)8-7-17-9-12-25-20(17)19;1-9-8-16-6-4-11(9)13-12(15)3-2-10-5-7-17-14(10)13;/h2-9,12,15,24H,10-11,13-14H2,1H3;2-5,7,9,16H,6,8H2,1H3;1H. The summed E-state index contributed by atoms with van der Waals surface area (Å²) in [5, 5.41) is 16.4. The van der Waals surface area contributed by atoms with Gasteiger partial charge in [-0.15, -0.1) is 12.4 Å². The van der Waals surface area contributed by atoms with Gasteiger partial charge >= 0.3 is 0 Å². The average molecular weight is 607 g/mol. The Morgan fingerprint density at radius 1 is 0.907 bits per heavy atom. The number of hydrogen-bond donors (Lipinski definition) is 2. The molecule has 2 N–H and O–H groups in total. The number of halogens is 3. The average Bonchev–Trinajstić information content (AvgIpc) is 3.66. The Morgan fingerprint density at radius 3 is 2.28 bits per heavy atom. The molecule has 3 atom stereocenters. The van der Waals surface area contributed by atoms with Gasteiger partial charge < -0.3 is 19.3 Å². The summed E-state index contributed by atoms with van der Waals surface area (Å²) in [7, 11) is 0. The molecule has 7 rings (SSSR count). The highest BCUT2D eigenvalue weighted by molar-refractivity contribution is 5.90. The van der Waals surface area contributed by atoms with E-state index in [1.54, 1.807) is 30.7 Å². The lowest BCUT2D eigenvalue weighted by atomic mass is 9.76. The van der Waals surface area contributed by atoms with Crippen LogP contribution < -0.4 is 5.32 Å². The van der Waals surface area contributed by atoms with Crippen molar-refractivity contribution in [2.75, 3.05) is 26.2 Å². The van der Waals surface area contributed by atoms with Crippen molar-refractivity contribution >= 4 is 39.9 Å². The van der Waals surface area contributed by atoms with E-state index in [-0.39, 0.29) is 24.1 Å². The minimum atomic E-state index is -1.21. The molecule has 1 saturated heterocycles. The van der Waals surface area contributed by atoms with Crippen LogP contribution in [0.3, 0.4) is 0 Å². The van der Waals surface area contributed by atoms with Crippen molar-refractivity contribution < 1.29 is 22.7 Å². The Hall–Kier alpha value is -3.49. The Morgan fingerprint density at radius 2 is 1.58 bits per heavy atom. The third-order valence-electron chi connectivity index (χ3n) is 8.72. The molecule has 0 aliphatic carbocycles. The van der Waals surface area contributed by atoms with Gasteiger partial charge in [0.2, 0.25) is 0 Å². The van der Waals surface area contributed by atoms with E-state index >= 15 is 0 Å². The van der Waals surface area contributed by atoms with Crippen LogP contribution in [0.5, 0.6) is 0 Å². The molecule has 0 saturated carbocycles. The molecule has 0 amide bonds. The van der Waals surface area contributed by atoms with E-state index in [1.165, 1.54) is 17.7 Å². The maximum absolute atomic E-state index is 14.6. The maximum Gasteiger partial charge on any atom is 0.144 e. The fourth-order valence-corrected chi connectivity index (χ4v) is 6.39. The first kappa shape index (κ1) is 31.0. The molecule has 2 aliphatic rings. The van der Waals surface area contributed by atoms with Crippen LogP contribution in [0.1, 0.15) is 37.0 Å². The number of benzene rings is 3. The monoisotopic (exact) mass is 606 g/mol. The second-order valence-electron chi connectivity index (χ2n) is 11.5. The number of hydrogen-bond acceptors (Lipinski definition) is 5. The second kappa shape index (κ2) is 13.0. The number of fused-ring (bicyclic) bond motifs is 2. The zero-order valence-corrected chi connectivity index (χ0v) is 25.2. The Bertz CT molecular complexity index is 1720.